The number of carbonyl (C=O) groups excluding carboxylic acids is 3. The number of anilines is 2. The highest BCUT2D eigenvalue weighted by Gasteiger charge is 2.38. The third-order valence-electron chi connectivity index (χ3n) is 6.11. The molecule has 0 unspecified atom stereocenters. The van der Waals surface area contributed by atoms with Crippen molar-refractivity contribution in [1.82, 2.24) is 9.88 Å². The molecule has 3 aliphatic heterocycles. The average Bonchev–Trinajstić information content (AvgIpc) is 3.53. The molecule has 0 spiro atoms. The van der Waals surface area contributed by atoms with Crippen LogP contribution < -0.4 is 10.2 Å². The van der Waals surface area contributed by atoms with E-state index in [0.29, 0.717) is 43.4 Å². The molecule has 0 aliphatic carbocycles. The SMILES string of the molecule is O=C(Nc1nc2c(s1)CN(C(=O)[C@H]1CC(=O)N(c3ccc(F)cc3)C1)CC2)[C@H]1CCCO1. The first-order valence-corrected chi connectivity index (χ1v) is 11.6. The molecule has 1 aromatic carbocycles. The van der Waals surface area contributed by atoms with E-state index < -0.39 is 12.0 Å². The first-order valence-electron chi connectivity index (χ1n) is 10.7. The molecule has 2 fully saturated rings. The molecule has 0 radical (unpaired) electrons. The number of rotatable bonds is 4. The van der Waals surface area contributed by atoms with E-state index in [4.69, 9.17) is 4.74 Å². The quantitative estimate of drug-likeness (QED) is 0.759. The molecule has 1 N–H and O–H groups in total. The number of carbonyl (C=O) groups is 3. The Bertz CT molecular complexity index is 1050. The monoisotopic (exact) mass is 458 g/mol. The first kappa shape index (κ1) is 21.0. The highest BCUT2D eigenvalue weighted by Crippen LogP contribution is 2.32. The topological polar surface area (TPSA) is 91.8 Å². The molecular weight excluding hydrogens is 435 g/mol. The van der Waals surface area contributed by atoms with Crippen LogP contribution in [0.4, 0.5) is 15.2 Å². The zero-order valence-corrected chi connectivity index (χ0v) is 18.2. The Balaban J connectivity index is 1.22. The number of thiazole rings is 1. The van der Waals surface area contributed by atoms with Crippen LogP contribution in [-0.4, -0.2) is 53.4 Å². The molecule has 32 heavy (non-hydrogen) atoms. The number of aromatic nitrogens is 1. The molecule has 168 valence electrons. The minimum atomic E-state index is -0.430. The summed E-state index contributed by atoms with van der Waals surface area (Å²) in [5.74, 6) is -1.17. The van der Waals surface area contributed by atoms with Gasteiger partial charge in [0.25, 0.3) is 5.91 Å². The maximum atomic E-state index is 13.2. The lowest BCUT2D eigenvalue weighted by atomic mass is 10.1. The zero-order valence-electron chi connectivity index (χ0n) is 17.4. The van der Waals surface area contributed by atoms with Gasteiger partial charge in [0.1, 0.15) is 11.9 Å². The Hall–Kier alpha value is -2.85. The lowest BCUT2D eigenvalue weighted by molar-refractivity contribution is -0.136. The summed E-state index contributed by atoms with van der Waals surface area (Å²) in [4.78, 5) is 46.7. The molecule has 5 rings (SSSR count). The number of halogens is 1. The maximum absolute atomic E-state index is 13.2. The van der Waals surface area contributed by atoms with E-state index in [2.05, 4.69) is 10.3 Å². The van der Waals surface area contributed by atoms with E-state index in [9.17, 15) is 18.8 Å². The van der Waals surface area contributed by atoms with Gasteiger partial charge in [-0.3, -0.25) is 19.7 Å². The number of ether oxygens (including phenoxy) is 1. The number of hydrogen-bond acceptors (Lipinski definition) is 6. The molecule has 2 aromatic rings. The van der Waals surface area contributed by atoms with Crippen molar-refractivity contribution < 1.29 is 23.5 Å². The molecule has 4 heterocycles. The van der Waals surface area contributed by atoms with Crippen molar-refractivity contribution in [2.24, 2.45) is 5.92 Å². The summed E-state index contributed by atoms with van der Waals surface area (Å²) in [6.45, 7) is 1.84. The Morgan fingerprint density at radius 3 is 2.81 bits per heavy atom. The van der Waals surface area contributed by atoms with Gasteiger partial charge < -0.3 is 14.5 Å². The van der Waals surface area contributed by atoms with Crippen LogP contribution in [0.15, 0.2) is 24.3 Å². The van der Waals surface area contributed by atoms with E-state index >= 15 is 0 Å². The van der Waals surface area contributed by atoms with Crippen molar-refractivity contribution in [3.8, 4) is 0 Å². The van der Waals surface area contributed by atoms with Gasteiger partial charge >= 0.3 is 0 Å². The van der Waals surface area contributed by atoms with Crippen LogP contribution in [0, 0.1) is 11.7 Å². The second kappa shape index (κ2) is 8.59. The molecule has 2 atom stereocenters. The van der Waals surface area contributed by atoms with Crippen molar-refractivity contribution in [2.75, 3.05) is 29.9 Å². The van der Waals surface area contributed by atoms with Crippen LogP contribution in [0.1, 0.15) is 29.8 Å². The highest BCUT2D eigenvalue weighted by atomic mass is 32.1. The van der Waals surface area contributed by atoms with Gasteiger partial charge in [0.05, 0.1) is 18.2 Å². The molecule has 1 aromatic heterocycles. The standard InChI is InChI=1S/C22H23FN4O4S/c23-14-3-5-15(6-4-14)27-11-13(10-19(27)28)21(30)26-8-7-16-18(12-26)32-22(24-16)25-20(29)17-2-1-9-31-17/h3-6,13,17H,1-2,7-12H2,(H,24,25,29)/t13-,17+/m0/s1. The van der Waals surface area contributed by atoms with E-state index in [-0.39, 0.29) is 36.5 Å². The van der Waals surface area contributed by atoms with Crippen LogP contribution in [0.3, 0.4) is 0 Å². The van der Waals surface area contributed by atoms with Gasteiger partial charge in [-0.25, -0.2) is 9.37 Å². The fourth-order valence-corrected chi connectivity index (χ4v) is 5.44. The van der Waals surface area contributed by atoms with Crippen LogP contribution in [0.25, 0.3) is 0 Å². The molecule has 0 saturated carbocycles. The first-order chi connectivity index (χ1) is 15.5. The normalized spacial score (nSPS) is 22.8. The smallest absolute Gasteiger partial charge is 0.255 e. The Morgan fingerprint density at radius 1 is 1.25 bits per heavy atom. The summed E-state index contributed by atoms with van der Waals surface area (Å²) in [7, 11) is 0. The fraction of sp³-hybridized carbons (Fsp3) is 0.455. The van der Waals surface area contributed by atoms with Crippen molar-refractivity contribution >= 4 is 39.9 Å². The maximum Gasteiger partial charge on any atom is 0.255 e. The Morgan fingerprint density at radius 2 is 2.06 bits per heavy atom. The Kier molecular flexibility index (Phi) is 5.64. The molecule has 8 nitrogen and oxygen atoms in total. The van der Waals surface area contributed by atoms with Crippen LogP contribution in [0.5, 0.6) is 0 Å². The van der Waals surface area contributed by atoms with Gasteiger partial charge in [0.2, 0.25) is 11.8 Å². The largest absolute Gasteiger partial charge is 0.368 e. The van der Waals surface area contributed by atoms with Crippen molar-refractivity contribution in [3.63, 3.8) is 0 Å². The van der Waals surface area contributed by atoms with Crippen molar-refractivity contribution in [3.05, 3.63) is 40.7 Å². The predicted molar refractivity (Wildman–Crippen MR) is 116 cm³/mol. The number of benzene rings is 1. The lowest BCUT2D eigenvalue weighted by Gasteiger charge is -2.28. The number of nitrogens with one attached hydrogen (secondary N) is 1. The lowest BCUT2D eigenvalue weighted by Crippen LogP contribution is -2.40. The molecule has 3 aliphatic rings. The number of hydrogen-bond donors (Lipinski definition) is 1. The second-order valence-electron chi connectivity index (χ2n) is 8.27. The number of fused-ring (bicyclic) bond motifs is 1. The minimum Gasteiger partial charge on any atom is -0.368 e. The number of amides is 3. The van der Waals surface area contributed by atoms with Gasteiger partial charge in [-0.15, -0.1) is 0 Å². The summed E-state index contributed by atoms with van der Waals surface area (Å²) in [5, 5.41) is 3.37. The third kappa shape index (κ3) is 4.12. The van der Waals surface area contributed by atoms with E-state index in [1.54, 1.807) is 21.9 Å². The van der Waals surface area contributed by atoms with E-state index in [1.807, 2.05) is 0 Å². The van der Waals surface area contributed by atoms with Crippen molar-refractivity contribution in [1.29, 1.82) is 0 Å². The van der Waals surface area contributed by atoms with Crippen LogP contribution in [0.2, 0.25) is 0 Å². The zero-order chi connectivity index (χ0) is 22.2. The van der Waals surface area contributed by atoms with Crippen LogP contribution >= 0.6 is 11.3 Å². The van der Waals surface area contributed by atoms with E-state index in [0.717, 1.165) is 17.0 Å². The second-order valence-corrected chi connectivity index (χ2v) is 9.36. The van der Waals surface area contributed by atoms with Gasteiger partial charge in [-0.2, -0.15) is 0 Å². The summed E-state index contributed by atoms with van der Waals surface area (Å²) in [6, 6.07) is 5.72. The number of nitrogens with zero attached hydrogens (tertiary/aromatic N) is 3. The Labute approximate surface area is 188 Å². The average molecular weight is 459 g/mol. The van der Waals surface area contributed by atoms with Crippen molar-refractivity contribution in [2.45, 2.75) is 38.3 Å². The molecule has 2 saturated heterocycles. The van der Waals surface area contributed by atoms with Gasteiger partial charge in [-0.05, 0) is 37.1 Å². The van der Waals surface area contributed by atoms with Gasteiger partial charge in [0, 0.05) is 43.1 Å². The third-order valence-corrected chi connectivity index (χ3v) is 7.11. The molecule has 0 bridgehead atoms. The van der Waals surface area contributed by atoms with E-state index in [1.165, 1.54) is 23.5 Å². The van der Waals surface area contributed by atoms with Gasteiger partial charge in [-0.1, -0.05) is 11.3 Å². The minimum absolute atomic E-state index is 0.0630. The fourth-order valence-electron chi connectivity index (χ4n) is 4.41. The van der Waals surface area contributed by atoms with Gasteiger partial charge in [0.15, 0.2) is 5.13 Å². The summed E-state index contributed by atoms with van der Waals surface area (Å²) < 4.78 is 18.6. The van der Waals surface area contributed by atoms with Crippen LogP contribution in [-0.2, 0) is 32.1 Å². The molecular formula is C22H23FN4O4S. The summed E-state index contributed by atoms with van der Waals surface area (Å²) >= 11 is 1.38. The summed E-state index contributed by atoms with van der Waals surface area (Å²) in [5.41, 5.74) is 1.50. The highest BCUT2D eigenvalue weighted by molar-refractivity contribution is 7.15. The molecule has 3 amide bonds. The predicted octanol–water partition coefficient (Wildman–Crippen LogP) is 2.34. The molecule has 10 heteroatoms. The summed E-state index contributed by atoms with van der Waals surface area (Å²) in [6.07, 6.45) is 1.93.